The van der Waals surface area contributed by atoms with Crippen molar-refractivity contribution in [1.82, 2.24) is 15.5 Å². The highest BCUT2D eigenvalue weighted by Crippen LogP contribution is 2.23. The number of likely N-dealkylation sites (N-methyl/N-ethyl adjacent to an activating group) is 1. The average molecular weight is 255 g/mol. The lowest BCUT2D eigenvalue weighted by atomic mass is 9.98. The van der Waals surface area contributed by atoms with Crippen LogP contribution >= 0.6 is 0 Å². The van der Waals surface area contributed by atoms with E-state index in [9.17, 15) is 0 Å². The van der Waals surface area contributed by atoms with Gasteiger partial charge in [0.2, 0.25) is 5.89 Å². The summed E-state index contributed by atoms with van der Waals surface area (Å²) in [6.45, 7) is 11.9. The van der Waals surface area contributed by atoms with Gasteiger partial charge in [-0.25, -0.2) is 0 Å². The Labute approximate surface area is 109 Å². The summed E-state index contributed by atoms with van der Waals surface area (Å²) >= 11 is 0. The molecule has 0 saturated heterocycles. The molecule has 0 fully saturated rings. The number of nitrogens with zero attached hydrogens (tertiary/aromatic N) is 2. The molecule has 0 saturated carbocycles. The highest BCUT2D eigenvalue weighted by Gasteiger charge is 2.24. The summed E-state index contributed by atoms with van der Waals surface area (Å²) in [5.74, 6) is 1.58. The maximum absolute atomic E-state index is 5.46. The first-order valence-corrected chi connectivity index (χ1v) is 6.82. The normalized spacial score (nSPS) is 16.5. The lowest BCUT2D eigenvalue weighted by Gasteiger charge is -2.19. The maximum atomic E-state index is 5.46. The monoisotopic (exact) mass is 255 g/mol. The Bertz CT molecular complexity index is 341. The van der Waals surface area contributed by atoms with Gasteiger partial charge in [0, 0.05) is 12.6 Å². The van der Waals surface area contributed by atoms with E-state index in [1.807, 2.05) is 13.8 Å². The maximum Gasteiger partial charge on any atom is 0.231 e. The van der Waals surface area contributed by atoms with Crippen molar-refractivity contribution < 1.29 is 9.26 Å². The molecule has 0 bridgehead atoms. The summed E-state index contributed by atoms with van der Waals surface area (Å²) in [5.41, 5.74) is 0. The van der Waals surface area contributed by atoms with Crippen LogP contribution in [0.25, 0.3) is 0 Å². The molecule has 1 rings (SSSR count). The molecule has 0 spiro atoms. The van der Waals surface area contributed by atoms with Crippen LogP contribution in [-0.4, -0.2) is 29.3 Å². The smallest absolute Gasteiger partial charge is 0.231 e. The summed E-state index contributed by atoms with van der Waals surface area (Å²) in [6.07, 6.45) is 0.859. The second-order valence-corrected chi connectivity index (χ2v) is 4.45. The molecule has 3 atom stereocenters. The second kappa shape index (κ2) is 7.48. The highest BCUT2D eigenvalue weighted by molar-refractivity contribution is 4.99. The van der Waals surface area contributed by atoms with E-state index in [4.69, 9.17) is 9.26 Å². The number of ether oxygens (including phenoxy) is 1. The molecular weight excluding hydrogens is 230 g/mol. The van der Waals surface area contributed by atoms with E-state index in [1.54, 1.807) is 0 Å². The van der Waals surface area contributed by atoms with Gasteiger partial charge in [0.05, 0.1) is 5.92 Å². The highest BCUT2D eigenvalue weighted by atomic mass is 16.5. The van der Waals surface area contributed by atoms with Gasteiger partial charge in [-0.1, -0.05) is 19.0 Å². The Balaban J connectivity index is 2.75. The van der Waals surface area contributed by atoms with Crippen LogP contribution < -0.4 is 5.32 Å². The third kappa shape index (κ3) is 3.78. The fourth-order valence-electron chi connectivity index (χ4n) is 2.09. The van der Waals surface area contributed by atoms with Crippen molar-refractivity contribution in [2.75, 3.05) is 13.2 Å². The zero-order valence-corrected chi connectivity index (χ0v) is 12.1. The van der Waals surface area contributed by atoms with Gasteiger partial charge in [-0.2, -0.15) is 4.98 Å². The molecule has 0 aromatic carbocycles. The van der Waals surface area contributed by atoms with Gasteiger partial charge in [-0.3, -0.25) is 0 Å². The summed E-state index contributed by atoms with van der Waals surface area (Å²) in [5, 5.41) is 7.41. The van der Waals surface area contributed by atoms with Gasteiger partial charge >= 0.3 is 0 Å². The molecule has 0 aliphatic heterocycles. The molecule has 0 radical (unpaired) electrons. The fourth-order valence-corrected chi connectivity index (χ4v) is 2.09. The van der Waals surface area contributed by atoms with E-state index < -0.39 is 0 Å². The molecule has 104 valence electrons. The minimum Gasteiger partial charge on any atom is -0.371 e. The molecule has 18 heavy (non-hydrogen) atoms. The van der Waals surface area contributed by atoms with Crippen molar-refractivity contribution in [3.63, 3.8) is 0 Å². The molecule has 1 N–H and O–H groups in total. The minimum absolute atomic E-state index is 0.112. The first-order valence-electron chi connectivity index (χ1n) is 6.82. The first-order chi connectivity index (χ1) is 8.63. The van der Waals surface area contributed by atoms with E-state index >= 15 is 0 Å². The molecule has 0 aliphatic carbocycles. The fraction of sp³-hybridized carbons (Fsp3) is 0.846. The Morgan fingerprint density at radius 3 is 2.56 bits per heavy atom. The van der Waals surface area contributed by atoms with Crippen LogP contribution in [0.1, 0.15) is 64.8 Å². The topological polar surface area (TPSA) is 60.2 Å². The standard InChI is InChI=1S/C13H25N3O2/c1-6-11(9(4)14-7-2)13-15-12(16-18-13)10(5)17-8-3/h9-11,14H,6-8H2,1-5H3. The van der Waals surface area contributed by atoms with E-state index in [1.165, 1.54) is 0 Å². The van der Waals surface area contributed by atoms with E-state index in [0.717, 1.165) is 13.0 Å². The van der Waals surface area contributed by atoms with Crippen molar-refractivity contribution >= 4 is 0 Å². The molecule has 1 aromatic heterocycles. The van der Waals surface area contributed by atoms with Crippen LogP contribution in [0.5, 0.6) is 0 Å². The lowest BCUT2D eigenvalue weighted by molar-refractivity contribution is 0.0683. The van der Waals surface area contributed by atoms with Crippen LogP contribution in [0.4, 0.5) is 0 Å². The molecule has 0 amide bonds. The molecule has 0 aliphatic rings. The summed E-state index contributed by atoms with van der Waals surface area (Å²) in [4.78, 5) is 4.46. The predicted molar refractivity (Wildman–Crippen MR) is 70.5 cm³/mol. The van der Waals surface area contributed by atoms with Crippen LogP contribution in [0.3, 0.4) is 0 Å². The summed E-state index contributed by atoms with van der Waals surface area (Å²) in [7, 11) is 0. The molecule has 1 aromatic rings. The average Bonchev–Trinajstić information content (AvgIpc) is 2.80. The first kappa shape index (κ1) is 15.1. The van der Waals surface area contributed by atoms with Crippen molar-refractivity contribution in [2.45, 2.75) is 59.1 Å². The van der Waals surface area contributed by atoms with E-state index in [0.29, 0.717) is 24.4 Å². The summed E-state index contributed by atoms with van der Waals surface area (Å²) < 4.78 is 10.8. The van der Waals surface area contributed by atoms with Crippen LogP contribution in [0, 0.1) is 0 Å². The van der Waals surface area contributed by atoms with Gasteiger partial charge in [0.25, 0.3) is 0 Å². The van der Waals surface area contributed by atoms with Crippen LogP contribution in [0.15, 0.2) is 4.52 Å². The minimum atomic E-state index is -0.112. The zero-order chi connectivity index (χ0) is 13.5. The second-order valence-electron chi connectivity index (χ2n) is 4.45. The van der Waals surface area contributed by atoms with E-state index in [-0.39, 0.29) is 12.0 Å². The van der Waals surface area contributed by atoms with Crippen molar-refractivity contribution in [3.8, 4) is 0 Å². The quantitative estimate of drug-likeness (QED) is 0.774. The Hall–Kier alpha value is -0.940. The van der Waals surface area contributed by atoms with Gasteiger partial charge in [-0.05, 0) is 33.7 Å². The number of aromatic nitrogens is 2. The molecule has 5 heteroatoms. The number of hydrogen-bond donors (Lipinski definition) is 1. The molecule has 5 nitrogen and oxygen atoms in total. The lowest BCUT2D eigenvalue weighted by Crippen LogP contribution is -2.31. The van der Waals surface area contributed by atoms with Gasteiger partial charge < -0.3 is 14.6 Å². The van der Waals surface area contributed by atoms with Crippen LogP contribution in [-0.2, 0) is 4.74 Å². The molecule has 1 heterocycles. The van der Waals surface area contributed by atoms with Crippen molar-refractivity contribution in [1.29, 1.82) is 0 Å². The Morgan fingerprint density at radius 1 is 1.28 bits per heavy atom. The Morgan fingerprint density at radius 2 is 2.00 bits per heavy atom. The SMILES string of the molecule is CCNC(C)C(CC)c1nc(C(C)OCC)no1. The number of hydrogen-bond acceptors (Lipinski definition) is 5. The number of nitrogens with one attached hydrogen (secondary N) is 1. The third-order valence-corrected chi connectivity index (χ3v) is 3.12. The third-order valence-electron chi connectivity index (χ3n) is 3.12. The molecular formula is C13H25N3O2. The number of rotatable bonds is 8. The van der Waals surface area contributed by atoms with Crippen molar-refractivity contribution in [3.05, 3.63) is 11.7 Å². The van der Waals surface area contributed by atoms with Gasteiger partial charge in [0.15, 0.2) is 5.82 Å². The largest absolute Gasteiger partial charge is 0.371 e. The van der Waals surface area contributed by atoms with E-state index in [2.05, 4.69) is 36.2 Å². The van der Waals surface area contributed by atoms with Crippen molar-refractivity contribution in [2.24, 2.45) is 0 Å². The Kier molecular flexibility index (Phi) is 6.29. The molecule has 3 unspecified atom stereocenters. The zero-order valence-electron chi connectivity index (χ0n) is 12.1. The van der Waals surface area contributed by atoms with Gasteiger partial charge in [0.1, 0.15) is 6.10 Å². The van der Waals surface area contributed by atoms with Crippen LogP contribution in [0.2, 0.25) is 0 Å². The van der Waals surface area contributed by atoms with Gasteiger partial charge in [-0.15, -0.1) is 0 Å². The summed E-state index contributed by atoms with van der Waals surface area (Å²) in [6, 6.07) is 0.329. The predicted octanol–water partition coefficient (Wildman–Crippen LogP) is 2.66.